The maximum atomic E-state index is 12.0. The Balaban J connectivity index is 1.57. The molecule has 0 fully saturated rings. The molecule has 0 heterocycles. The average molecular weight is 381 g/mol. The summed E-state index contributed by atoms with van der Waals surface area (Å²) in [6.07, 6.45) is 0. The molecule has 0 radical (unpaired) electrons. The number of urea groups is 1. The minimum absolute atomic E-state index is 0.220. The minimum atomic E-state index is -0.220. The summed E-state index contributed by atoms with van der Waals surface area (Å²) in [5, 5.41) is 5.69. The van der Waals surface area contributed by atoms with Gasteiger partial charge in [0.15, 0.2) is 0 Å². The number of hydrogen-bond acceptors (Lipinski definition) is 1. The molecule has 0 bridgehead atoms. The van der Waals surface area contributed by atoms with Crippen LogP contribution in [0, 0.1) is 0 Å². The number of amides is 2. The van der Waals surface area contributed by atoms with Crippen LogP contribution < -0.4 is 10.6 Å². The van der Waals surface area contributed by atoms with Crippen molar-refractivity contribution < 1.29 is 4.79 Å². The average Bonchev–Trinajstić information content (AvgIpc) is 2.61. The SMILES string of the molecule is O=C(NCc1cccc(Br)c1)Nc1ccc(-c2ccccc2)cc1. The summed E-state index contributed by atoms with van der Waals surface area (Å²) in [5.74, 6) is 0. The van der Waals surface area contributed by atoms with E-state index in [0.29, 0.717) is 6.54 Å². The van der Waals surface area contributed by atoms with Crippen LogP contribution in [-0.4, -0.2) is 6.03 Å². The molecule has 2 amide bonds. The molecule has 0 saturated heterocycles. The fraction of sp³-hybridized carbons (Fsp3) is 0.0500. The topological polar surface area (TPSA) is 41.1 Å². The van der Waals surface area contributed by atoms with Gasteiger partial charge in [0.1, 0.15) is 0 Å². The van der Waals surface area contributed by atoms with Gasteiger partial charge in [-0.25, -0.2) is 4.79 Å². The van der Waals surface area contributed by atoms with Crippen LogP contribution in [-0.2, 0) is 6.54 Å². The van der Waals surface area contributed by atoms with Crippen molar-refractivity contribution in [1.82, 2.24) is 5.32 Å². The van der Waals surface area contributed by atoms with Crippen molar-refractivity contribution >= 4 is 27.6 Å². The summed E-state index contributed by atoms with van der Waals surface area (Å²) < 4.78 is 0.999. The fourth-order valence-corrected chi connectivity index (χ4v) is 2.83. The molecule has 4 heteroatoms. The van der Waals surface area contributed by atoms with Crippen LogP contribution in [0.1, 0.15) is 5.56 Å². The Morgan fingerprint density at radius 3 is 2.25 bits per heavy atom. The van der Waals surface area contributed by atoms with Crippen molar-refractivity contribution in [2.75, 3.05) is 5.32 Å². The van der Waals surface area contributed by atoms with E-state index < -0.39 is 0 Å². The maximum absolute atomic E-state index is 12.0. The minimum Gasteiger partial charge on any atom is -0.334 e. The molecular weight excluding hydrogens is 364 g/mol. The van der Waals surface area contributed by atoms with E-state index in [0.717, 1.165) is 26.9 Å². The Morgan fingerprint density at radius 1 is 0.833 bits per heavy atom. The van der Waals surface area contributed by atoms with Crippen LogP contribution in [0.5, 0.6) is 0 Å². The zero-order chi connectivity index (χ0) is 16.8. The zero-order valence-electron chi connectivity index (χ0n) is 13.0. The van der Waals surface area contributed by atoms with Crippen molar-refractivity contribution in [3.05, 3.63) is 88.9 Å². The molecule has 24 heavy (non-hydrogen) atoms. The van der Waals surface area contributed by atoms with Gasteiger partial charge < -0.3 is 10.6 Å². The summed E-state index contributed by atoms with van der Waals surface area (Å²) in [4.78, 5) is 12.0. The van der Waals surface area contributed by atoms with E-state index in [1.165, 1.54) is 0 Å². The van der Waals surface area contributed by atoms with Gasteiger partial charge in [-0.2, -0.15) is 0 Å². The van der Waals surface area contributed by atoms with E-state index in [9.17, 15) is 4.79 Å². The third kappa shape index (κ3) is 4.46. The van der Waals surface area contributed by atoms with Crippen molar-refractivity contribution in [3.63, 3.8) is 0 Å². The van der Waals surface area contributed by atoms with Gasteiger partial charge in [0, 0.05) is 16.7 Å². The summed E-state index contributed by atoms with van der Waals surface area (Å²) in [5.41, 5.74) is 4.08. The van der Waals surface area contributed by atoms with Crippen LogP contribution in [0.15, 0.2) is 83.3 Å². The molecule has 3 aromatic carbocycles. The van der Waals surface area contributed by atoms with E-state index in [-0.39, 0.29) is 6.03 Å². The standard InChI is InChI=1S/C20H17BrN2O/c21-18-8-4-5-15(13-18)14-22-20(24)23-19-11-9-17(10-12-19)16-6-2-1-3-7-16/h1-13H,14H2,(H2,22,23,24). The molecule has 0 unspecified atom stereocenters. The highest BCUT2D eigenvalue weighted by molar-refractivity contribution is 9.10. The summed E-state index contributed by atoms with van der Waals surface area (Å²) in [6.45, 7) is 0.480. The summed E-state index contributed by atoms with van der Waals surface area (Å²) >= 11 is 3.42. The van der Waals surface area contributed by atoms with Gasteiger partial charge in [0.25, 0.3) is 0 Å². The van der Waals surface area contributed by atoms with Gasteiger partial charge in [-0.1, -0.05) is 70.5 Å². The largest absolute Gasteiger partial charge is 0.334 e. The molecule has 0 saturated carbocycles. The van der Waals surface area contributed by atoms with Crippen LogP contribution >= 0.6 is 15.9 Å². The molecular formula is C20H17BrN2O. The third-order valence-corrected chi connectivity index (χ3v) is 4.09. The Morgan fingerprint density at radius 2 is 1.54 bits per heavy atom. The van der Waals surface area contributed by atoms with Crippen molar-refractivity contribution in [1.29, 1.82) is 0 Å². The Labute approximate surface area is 149 Å². The Kier molecular flexibility index (Phi) is 5.29. The van der Waals surface area contributed by atoms with Crippen LogP contribution in [0.3, 0.4) is 0 Å². The van der Waals surface area contributed by atoms with Crippen molar-refractivity contribution in [2.24, 2.45) is 0 Å². The molecule has 3 rings (SSSR count). The number of carbonyl (C=O) groups is 1. The fourth-order valence-electron chi connectivity index (χ4n) is 2.38. The number of rotatable bonds is 4. The zero-order valence-corrected chi connectivity index (χ0v) is 14.6. The molecule has 3 aromatic rings. The predicted octanol–water partition coefficient (Wildman–Crippen LogP) is 5.44. The molecule has 120 valence electrons. The first-order valence-electron chi connectivity index (χ1n) is 7.65. The number of benzene rings is 3. The highest BCUT2D eigenvalue weighted by Gasteiger charge is 2.03. The number of carbonyl (C=O) groups excluding carboxylic acids is 1. The van der Waals surface area contributed by atoms with Crippen LogP contribution in [0.2, 0.25) is 0 Å². The van der Waals surface area contributed by atoms with Crippen molar-refractivity contribution in [3.8, 4) is 11.1 Å². The second kappa shape index (κ2) is 7.79. The van der Waals surface area contributed by atoms with Crippen LogP contribution in [0.25, 0.3) is 11.1 Å². The van der Waals surface area contributed by atoms with E-state index >= 15 is 0 Å². The van der Waals surface area contributed by atoms with Gasteiger partial charge >= 0.3 is 6.03 Å². The second-order valence-corrected chi connectivity index (χ2v) is 6.30. The highest BCUT2D eigenvalue weighted by Crippen LogP contribution is 2.21. The molecule has 2 N–H and O–H groups in total. The maximum Gasteiger partial charge on any atom is 0.319 e. The van der Waals surface area contributed by atoms with Gasteiger partial charge in [-0.15, -0.1) is 0 Å². The van der Waals surface area contributed by atoms with Crippen LogP contribution in [0.4, 0.5) is 10.5 Å². The predicted molar refractivity (Wildman–Crippen MR) is 102 cm³/mol. The van der Waals surface area contributed by atoms with Gasteiger partial charge in [-0.05, 0) is 41.0 Å². The first kappa shape index (κ1) is 16.3. The first-order chi connectivity index (χ1) is 11.7. The van der Waals surface area contributed by atoms with Gasteiger partial charge in [0.05, 0.1) is 0 Å². The third-order valence-electron chi connectivity index (χ3n) is 3.59. The molecule has 0 aliphatic carbocycles. The van der Waals surface area contributed by atoms with E-state index in [1.54, 1.807) is 0 Å². The lowest BCUT2D eigenvalue weighted by Crippen LogP contribution is -2.28. The lowest BCUT2D eigenvalue weighted by molar-refractivity contribution is 0.251. The normalized spacial score (nSPS) is 10.2. The lowest BCUT2D eigenvalue weighted by atomic mass is 10.1. The van der Waals surface area contributed by atoms with Gasteiger partial charge in [0.2, 0.25) is 0 Å². The number of nitrogens with one attached hydrogen (secondary N) is 2. The number of hydrogen-bond donors (Lipinski definition) is 2. The summed E-state index contributed by atoms with van der Waals surface area (Å²) in [6, 6.07) is 25.6. The van der Waals surface area contributed by atoms with Crippen molar-refractivity contribution in [2.45, 2.75) is 6.54 Å². The molecule has 0 spiro atoms. The highest BCUT2D eigenvalue weighted by atomic mass is 79.9. The van der Waals surface area contributed by atoms with Gasteiger partial charge in [-0.3, -0.25) is 0 Å². The van der Waals surface area contributed by atoms with E-state index in [1.807, 2.05) is 66.7 Å². The smallest absolute Gasteiger partial charge is 0.319 e. The molecule has 0 atom stereocenters. The molecule has 0 aliphatic rings. The number of halogens is 1. The first-order valence-corrected chi connectivity index (χ1v) is 8.45. The molecule has 0 aliphatic heterocycles. The second-order valence-electron chi connectivity index (χ2n) is 5.38. The molecule has 3 nitrogen and oxygen atoms in total. The van der Waals surface area contributed by atoms with E-state index in [2.05, 4.69) is 38.7 Å². The molecule has 0 aromatic heterocycles. The monoisotopic (exact) mass is 380 g/mol. The van der Waals surface area contributed by atoms with E-state index in [4.69, 9.17) is 0 Å². The summed E-state index contributed by atoms with van der Waals surface area (Å²) in [7, 11) is 0. The number of anilines is 1. The Bertz CT molecular complexity index is 817. The quantitative estimate of drug-likeness (QED) is 0.621. The lowest BCUT2D eigenvalue weighted by Gasteiger charge is -2.09. The Hall–Kier alpha value is -2.59.